The molecule has 0 saturated carbocycles. The summed E-state index contributed by atoms with van der Waals surface area (Å²) in [5, 5.41) is 3.32. The van der Waals surface area contributed by atoms with Gasteiger partial charge in [-0.05, 0) is 25.9 Å². The molecule has 1 fully saturated rings. The number of halogens is 1. The first kappa shape index (κ1) is 17.6. The van der Waals surface area contributed by atoms with Crippen LogP contribution in [-0.4, -0.2) is 69.9 Å². The highest BCUT2D eigenvalue weighted by Crippen LogP contribution is 2.06. The van der Waals surface area contributed by atoms with Crippen LogP contribution in [0, 0.1) is 0 Å². The average molecular weight is 387 g/mol. The van der Waals surface area contributed by atoms with Gasteiger partial charge >= 0.3 is 0 Å². The van der Waals surface area contributed by atoms with Crippen LogP contribution in [0.15, 0.2) is 0 Å². The molecular weight excluding hydrogens is 361 g/mol. The van der Waals surface area contributed by atoms with E-state index in [1.165, 1.54) is 0 Å². The lowest BCUT2D eigenvalue weighted by Crippen LogP contribution is -2.33. The number of ether oxygens (including phenoxy) is 4. The Morgan fingerprint density at radius 2 is 1.32 bits per heavy atom. The van der Waals surface area contributed by atoms with Crippen molar-refractivity contribution >= 4 is 22.6 Å². The zero-order valence-corrected chi connectivity index (χ0v) is 13.7. The molecule has 6 heteroatoms. The molecule has 0 aromatic carbocycles. The number of alkyl halides is 1. The van der Waals surface area contributed by atoms with Crippen LogP contribution >= 0.6 is 22.6 Å². The summed E-state index contributed by atoms with van der Waals surface area (Å²) >= 11 is 2.29. The van der Waals surface area contributed by atoms with Gasteiger partial charge in [0.1, 0.15) is 0 Å². The smallest absolute Gasteiger partial charge is 0.0704 e. The number of hydrogen-bond acceptors (Lipinski definition) is 5. The van der Waals surface area contributed by atoms with Crippen LogP contribution in [-0.2, 0) is 18.9 Å². The predicted molar refractivity (Wildman–Crippen MR) is 83.2 cm³/mol. The molecule has 0 bridgehead atoms. The van der Waals surface area contributed by atoms with Gasteiger partial charge in [0.05, 0.1) is 52.4 Å². The molecule has 1 heterocycles. The maximum atomic E-state index is 5.73. The SMILES string of the molecule is ICCOCCOCCOCCOC1CCNCC1. The first-order chi connectivity index (χ1) is 9.43. The summed E-state index contributed by atoms with van der Waals surface area (Å²) < 4.78 is 22.9. The Morgan fingerprint density at radius 1 is 0.789 bits per heavy atom. The van der Waals surface area contributed by atoms with Gasteiger partial charge < -0.3 is 24.3 Å². The Morgan fingerprint density at radius 3 is 1.89 bits per heavy atom. The van der Waals surface area contributed by atoms with Gasteiger partial charge in [0.15, 0.2) is 0 Å². The van der Waals surface area contributed by atoms with Crippen LogP contribution in [0.25, 0.3) is 0 Å². The first-order valence-electron chi connectivity index (χ1n) is 7.05. The van der Waals surface area contributed by atoms with E-state index in [1.54, 1.807) is 0 Å². The number of nitrogens with one attached hydrogen (secondary N) is 1. The van der Waals surface area contributed by atoms with Gasteiger partial charge in [-0.3, -0.25) is 0 Å². The molecular formula is C13H26INO4. The third kappa shape index (κ3) is 10.9. The standard InChI is InChI=1S/C13H26INO4/c14-3-6-16-7-8-17-9-10-18-11-12-19-13-1-4-15-5-2-13/h13,15H,1-12H2. The fraction of sp³-hybridized carbons (Fsp3) is 1.00. The number of rotatable bonds is 12. The van der Waals surface area contributed by atoms with Crippen molar-refractivity contribution in [2.24, 2.45) is 0 Å². The van der Waals surface area contributed by atoms with Gasteiger partial charge in [-0.25, -0.2) is 0 Å². The molecule has 0 aromatic heterocycles. The van der Waals surface area contributed by atoms with Gasteiger partial charge in [-0.2, -0.15) is 0 Å². The number of piperidine rings is 1. The predicted octanol–water partition coefficient (Wildman–Crippen LogP) is 1.24. The van der Waals surface area contributed by atoms with E-state index < -0.39 is 0 Å². The lowest BCUT2D eigenvalue weighted by Gasteiger charge is -2.22. The highest BCUT2D eigenvalue weighted by atomic mass is 127. The highest BCUT2D eigenvalue weighted by Gasteiger charge is 2.12. The summed E-state index contributed by atoms with van der Waals surface area (Å²) in [6.07, 6.45) is 2.64. The van der Waals surface area contributed by atoms with Gasteiger partial charge in [0.25, 0.3) is 0 Å². The van der Waals surface area contributed by atoms with Crippen LogP contribution in [0.3, 0.4) is 0 Å². The normalized spacial score (nSPS) is 16.9. The Balaban J connectivity index is 1.71. The molecule has 0 aromatic rings. The molecule has 19 heavy (non-hydrogen) atoms. The fourth-order valence-electron chi connectivity index (χ4n) is 1.83. The molecule has 5 nitrogen and oxygen atoms in total. The average Bonchev–Trinajstić information content (AvgIpc) is 2.46. The second kappa shape index (κ2) is 13.5. The molecule has 1 saturated heterocycles. The third-order valence-electron chi connectivity index (χ3n) is 2.83. The van der Waals surface area contributed by atoms with E-state index in [4.69, 9.17) is 18.9 Å². The largest absolute Gasteiger partial charge is 0.378 e. The topological polar surface area (TPSA) is 49.0 Å². The summed E-state index contributed by atoms with van der Waals surface area (Å²) in [5.41, 5.74) is 0. The maximum Gasteiger partial charge on any atom is 0.0704 e. The zero-order valence-electron chi connectivity index (χ0n) is 11.6. The summed E-state index contributed by atoms with van der Waals surface area (Å²) in [6, 6.07) is 0. The van der Waals surface area contributed by atoms with Crippen LogP contribution in [0.4, 0.5) is 0 Å². The van der Waals surface area contributed by atoms with Crippen LogP contribution in [0.1, 0.15) is 12.8 Å². The number of hydrogen-bond donors (Lipinski definition) is 1. The van der Waals surface area contributed by atoms with E-state index in [0.717, 1.165) is 37.0 Å². The molecule has 0 amide bonds. The summed E-state index contributed by atoms with van der Waals surface area (Å²) in [4.78, 5) is 0. The van der Waals surface area contributed by atoms with E-state index in [9.17, 15) is 0 Å². The maximum absolute atomic E-state index is 5.73. The summed E-state index contributed by atoms with van der Waals surface area (Å²) in [5.74, 6) is 0. The molecule has 0 aliphatic carbocycles. The van der Waals surface area contributed by atoms with E-state index in [0.29, 0.717) is 45.7 Å². The first-order valence-corrected chi connectivity index (χ1v) is 8.57. The lowest BCUT2D eigenvalue weighted by atomic mass is 10.1. The van der Waals surface area contributed by atoms with Gasteiger partial charge in [-0.1, -0.05) is 22.6 Å². The van der Waals surface area contributed by atoms with Crippen molar-refractivity contribution in [3.8, 4) is 0 Å². The zero-order chi connectivity index (χ0) is 13.6. The van der Waals surface area contributed by atoms with E-state index in [1.807, 2.05) is 0 Å². The third-order valence-corrected chi connectivity index (χ3v) is 3.27. The Labute approximate surface area is 129 Å². The van der Waals surface area contributed by atoms with Crippen molar-refractivity contribution < 1.29 is 18.9 Å². The lowest BCUT2D eigenvalue weighted by molar-refractivity contribution is -0.0245. The second-order valence-corrected chi connectivity index (χ2v) is 5.42. The molecule has 1 N–H and O–H groups in total. The van der Waals surface area contributed by atoms with Crippen molar-refractivity contribution in [2.75, 3.05) is 63.8 Å². The Kier molecular flexibility index (Phi) is 12.5. The molecule has 1 rings (SSSR count). The van der Waals surface area contributed by atoms with E-state index in [2.05, 4.69) is 27.9 Å². The van der Waals surface area contributed by atoms with Crippen LogP contribution in [0.5, 0.6) is 0 Å². The van der Waals surface area contributed by atoms with E-state index in [-0.39, 0.29) is 0 Å². The van der Waals surface area contributed by atoms with Gasteiger partial charge in [0, 0.05) is 4.43 Å². The second-order valence-electron chi connectivity index (χ2n) is 4.35. The molecule has 0 unspecified atom stereocenters. The minimum Gasteiger partial charge on any atom is -0.378 e. The van der Waals surface area contributed by atoms with Crippen LogP contribution < -0.4 is 5.32 Å². The summed E-state index contributed by atoms with van der Waals surface area (Å²) in [7, 11) is 0. The molecule has 1 aliphatic heterocycles. The Bertz CT molecular complexity index is 191. The molecule has 0 spiro atoms. The fourth-order valence-corrected chi connectivity index (χ4v) is 2.14. The minimum absolute atomic E-state index is 0.413. The molecule has 0 atom stereocenters. The van der Waals surface area contributed by atoms with Crippen molar-refractivity contribution in [3.63, 3.8) is 0 Å². The van der Waals surface area contributed by atoms with Crippen LogP contribution in [0.2, 0.25) is 0 Å². The Hall–Kier alpha value is 0.530. The van der Waals surface area contributed by atoms with Crippen molar-refractivity contribution in [1.29, 1.82) is 0 Å². The monoisotopic (exact) mass is 387 g/mol. The highest BCUT2D eigenvalue weighted by molar-refractivity contribution is 14.1. The van der Waals surface area contributed by atoms with Gasteiger partial charge in [-0.15, -0.1) is 0 Å². The summed E-state index contributed by atoms with van der Waals surface area (Å²) in [6.45, 7) is 6.84. The quantitative estimate of drug-likeness (QED) is 0.310. The van der Waals surface area contributed by atoms with Gasteiger partial charge in [0.2, 0.25) is 0 Å². The van der Waals surface area contributed by atoms with E-state index >= 15 is 0 Å². The molecule has 114 valence electrons. The molecule has 1 aliphatic rings. The molecule has 0 radical (unpaired) electrons. The van der Waals surface area contributed by atoms with Crippen molar-refractivity contribution in [2.45, 2.75) is 18.9 Å². The van der Waals surface area contributed by atoms with Crippen molar-refractivity contribution in [3.05, 3.63) is 0 Å². The van der Waals surface area contributed by atoms with Crippen molar-refractivity contribution in [1.82, 2.24) is 5.32 Å². The minimum atomic E-state index is 0.413.